The number of halogens is 4. The lowest BCUT2D eigenvalue weighted by Gasteiger charge is -2.14. The van der Waals surface area contributed by atoms with Crippen LogP contribution in [0.15, 0.2) is 41.5 Å². The molecule has 0 aliphatic heterocycles. The highest BCUT2D eigenvalue weighted by Crippen LogP contribution is 2.27. The summed E-state index contributed by atoms with van der Waals surface area (Å²) in [4.78, 5) is 8.31. The molecule has 1 heterocycles. The minimum atomic E-state index is -4.43. The Labute approximate surface area is 202 Å². The number of hydrogen-bond acceptors (Lipinski definition) is 5. The molecule has 178 valence electrons. The van der Waals surface area contributed by atoms with Gasteiger partial charge in [0.25, 0.3) is 0 Å². The maximum absolute atomic E-state index is 12.4. The Morgan fingerprint density at radius 3 is 2.50 bits per heavy atom. The molecule has 0 fully saturated rings. The minimum Gasteiger partial charge on any atom is -0.493 e. The zero-order valence-corrected chi connectivity index (χ0v) is 20.5. The number of guanidine groups is 1. The van der Waals surface area contributed by atoms with Crippen molar-refractivity contribution in [3.8, 4) is 17.4 Å². The van der Waals surface area contributed by atoms with Gasteiger partial charge in [0.15, 0.2) is 24.1 Å². The largest absolute Gasteiger partial charge is 0.493 e. The predicted molar refractivity (Wildman–Crippen MR) is 127 cm³/mol. The average molecular weight is 568 g/mol. The molecule has 2 N–H and O–H groups in total. The van der Waals surface area contributed by atoms with Gasteiger partial charge in [0.05, 0.1) is 20.8 Å². The molecule has 11 heteroatoms. The lowest BCUT2D eigenvalue weighted by molar-refractivity contribution is -0.154. The van der Waals surface area contributed by atoms with E-state index in [4.69, 9.17) is 14.2 Å². The summed E-state index contributed by atoms with van der Waals surface area (Å²) in [7, 11) is 3.17. The molecule has 0 aliphatic rings. The summed E-state index contributed by atoms with van der Waals surface area (Å²) in [5.74, 6) is 1.77. The summed E-state index contributed by atoms with van der Waals surface area (Å²) in [6.45, 7) is 1.86. The topological polar surface area (TPSA) is 77.0 Å². The number of methoxy groups -OCH3 is 2. The predicted octanol–water partition coefficient (Wildman–Crippen LogP) is 3.96. The number of ether oxygens (including phenoxy) is 3. The highest BCUT2D eigenvalue weighted by atomic mass is 127. The van der Waals surface area contributed by atoms with E-state index >= 15 is 0 Å². The lowest BCUT2D eigenvalue weighted by atomic mass is 10.1. The molecular weight excluding hydrogens is 540 g/mol. The van der Waals surface area contributed by atoms with Crippen molar-refractivity contribution in [2.75, 3.05) is 33.9 Å². The summed E-state index contributed by atoms with van der Waals surface area (Å²) in [6, 6.07) is 8.97. The number of rotatable bonds is 10. The van der Waals surface area contributed by atoms with Crippen molar-refractivity contribution in [2.45, 2.75) is 26.1 Å². The van der Waals surface area contributed by atoms with Gasteiger partial charge in [0.1, 0.15) is 0 Å². The van der Waals surface area contributed by atoms with E-state index in [1.54, 1.807) is 26.4 Å². The van der Waals surface area contributed by atoms with Crippen LogP contribution in [-0.4, -0.2) is 51.0 Å². The first kappa shape index (κ1) is 27.6. The van der Waals surface area contributed by atoms with Crippen LogP contribution in [0.25, 0.3) is 0 Å². The van der Waals surface area contributed by atoms with E-state index in [0.717, 1.165) is 5.56 Å². The van der Waals surface area contributed by atoms with Crippen molar-refractivity contribution >= 4 is 29.9 Å². The van der Waals surface area contributed by atoms with Gasteiger partial charge < -0.3 is 24.8 Å². The van der Waals surface area contributed by atoms with Crippen molar-refractivity contribution < 1.29 is 27.4 Å². The molecule has 0 unspecified atom stereocenters. The van der Waals surface area contributed by atoms with Crippen LogP contribution < -0.4 is 24.8 Å². The second kappa shape index (κ2) is 13.9. The van der Waals surface area contributed by atoms with Gasteiger partial charge in [-0.3, -0.25) is 0 Å². The first-order chi connectivity index (χ1) is 14.9. The van der Waals surface area contributed by atoms with Gasteiger partial charge in [-0.2, -0.15) is 13.2 Å². The minimum absolute atomic E-state index is 0. The summed E-state index contributed by atoms with van der Waals surface area (Å²) in [6.07, 6.45) is -2.35. The van der Waals surface area contributed by atoms with Crippen LogP contribution in [0.2, 0.25) is 0 Å². The van der Waals surface area contributed by atoms with Crippen molar-refractivity contribution in [1.82, 2.24) is 15.6 Å². The van der Waals surface area contributed by atoms with E-state index in [1.165, 1.54) is 6.20 Å². The Morgan fingerprint density at radius 2 is 1.84 bits per heavy atom. The molecule has 0 amide bonds. The van der Waals surface area contributed by atoms with Crippen molar-refractivity contribution in [1.29, 1.82) is 0 Å². The van der Waals surface area contributed by atoms with Gasteiger partial charge >= 0.3 is 6.18 Å². The van der Waals surface area contributed by atoms with E-state index in [2.05, 4.69) is 20.6 Å². The second-order valence-corrected chi connectivity index (χ2v) is 6.43. The fourth-order valence-electron chi connectivity index (χ4n) is 2.69. The third-order valence-corrected chi connectivity index (χ3v) is 4.13. The molecule has 0 bridgehead atoms. The monoisotopic (exact) mass is 568 g/mol. The molecule has 2 rings (SSSR count). The molecule has 1 aromatic heterocycles. The van der Waals surface area contributed by atoms with E-state index in [1.807, 2.05) is 25.1 Å². The first-order valence-electron chi connectivity index (χ1n) is 9.72. The number of pyridine rings is 1. The SMILES string of the molecule is CCNC(=NCc1cccnc1OCC(F)(F)F)NCCc1ccc(OC)c(OC)c1.I. The summed E-state index contributed by atoms with van der Waals surface area (Å²) in [5.41, 5.74) is 1.51. The average Bonchev–Trinajstić information content (AvgIpc) is 2.75. The molecule has 1 aromatic carbocycles. The Hall–Kier alpha value is -2.44. The fourth-order valence-corrected chi connectivity index (χ4v) is 2.69. The normalized spacial score (nSPS) is 11.4. The van der Waals surface area contributed by atoms with E-state index in [0.29, 0.717) is 42.5 Å². The van der Waals surface area contributed by atoms with E-state index in [-0.39, 0.29) is 36.4 Å². The second-order valence-electron chi connectivity index (χ2n) is 6.43. The molecule has 0 aliphatic carbocycles. The van der Waals surface area contributed by atoms with Gasteiger partial charge in [-0.25, -0.2) is 9.98 Å². The molecule has 0 saturated carbocycles. The fraction of sp³-hybridized carbons (Fsp3) is 0.429. The standard InChI is InChI=1S/C21H27F3N4O3.HI/c1-4-25-20(27-11-9-15-7-8-17(29-2)18(12-15)30-3)28-13-16-6-5-10-26-19(16)31-14-21(22,23)24;/h5-8,10,12H,4,9,11,13-14H2,1-3H3,(H2,25,27,28);1H. The van der Waals surface area contributed by atoms with Gasteiger partial charge in [-0.1, -0.05) is 12.1 Å². The Balaban J connectivity index is 0.00000512. The highest BCUT2D eigenvalue weighted by molar-refractivity contribution is 14.0. The molecule has 0 radical (unpaired) electrons. The van der Waals surface area contributed by atoms with Crippen molar-refractivity contribution in [3.05, 3.63) is 47.7 Å². The number of alkyl halides is 3. The summed E-state index contributed by atoms with van der Waals surface area (Å²) in [5, 5.41) is 6.32. The maximum atomic E-state index is 12.4. The number of nitrogens with one attached hydrogen (secondary N) is 2. The number of hydrogen-bond donors (Lipinski definition) is 2. The number of benzene rings is 1. The van der Waals surface area contributed by atoms with Crippen LogP contribution in [0, 0.1) is 0 Å². The van der Waals surface area contributed by atoms with Crippen LogP contribution >= 0.6 is 24.0 Å². The smallest absolute Gasteiger partial charge is 0.422 e. The zero-order chi connectivity index (χ0) is 22.7. The summed E-state index contributed by atoms with van der Waals surface area (Å²) >= 11 is 0. The molecular formula is C21H28F3IN4O3. The quantitative estimate of drug-likeness (QED) is 0.257. The Bertz CT molecular complexity index is 866. The van der Waals surface area contributed by atoms with Crippen molar-refractivity contribution in [3.63, 3.8) is 0 Å². The molecule has 0 atom stereocenters. The summed E-state index contributed by atoms with van der Waals surface area (Å²) < 4.78 is 52.7. The number of aromatic nitrogens is 1. The maximum Gasteiger partial charge on any atom is 0.422 e. The molecule has 0 spiro atoms. The molecule has 7 nitrogen and oxygen atoms in total. The third-order valence-electron chi connectivity index (χ3n) is 4.13. The van der Waals surface area contributed by atoms with Gasteiger partial charge in [-0.15, -0.1) is 24.0 Å². The van der Waals surface area contributed by atoms with E-state index in [9.17, 15) is 13.2 Å². The third kappa shape index (κ3) is 9.37. The lowest BCUT2D eigenvalue weighted by Crippen LogP contribution is -2.38. The zero-order valence-electron chi connectivity index (χ0n) is 18.2. The van der Waals surface area contributed by atoms with E-state index < -0.39 is 12.8 Å². The number of aliphatic imine (C=N–C) groups is 1. The van der Waals surface area contributed by atoms with Crippen LogP contribution in [0.4, 0.5) is 13.2 Å². The Kier molecular flexibility index (Phi) is 12.0. The van der Waals surface area contributed by atoms with Crippen LogP contribution in [0.3, 0.4) is 0 Å². The molecule has 0 saturated heterocycles. The Morgan fingerprint density at radius 1 is 1.09 bits per heavy atom. The van der Waals surface area contributed by atoms with Crippen LogP contribution in [-0.2, 0) is 13.0 Å². The van der Waals surface area contributed by atoms with Gasteiger partial charge in [0.2, 0.25) is 5.88 Å². The van der Waals surface area contributed by atoms with Gasteiger partial charge in [-0.05, 0) is 37.1 Å². The molecule has 32 heavy (non-hydrogen) atoms. The van der Waals surface area contributed by atoms with Crippen molar-refractivity contribution in [2.24, 2.45) is 4.99 Å². The first-order valence-corrected chi connectivity index (χ1v) is 9.72. The van der Waals surface area contributed by atoms with Crippen LogP contribution in [0.5, 0.6) is 17.4 Å². The van der Waals surface area contributed by atoms with Gasteiger partial charge in [0, 0.05) is 24.8 Å². The number of nitrogens with zero attached hydrogens (tertiary/aromatic N) is 2. The highest BCUT2D eigenvalue weighted by Gasteiger charge is 2.29. The van der Waals surface area contributed by atoms with Crippen LogP contribution in [0.1, 0.15) is 18.1 Å². The molecule has 2 aromatic rings.